The van der Waals surface area contributed by atoms with E-state index in [1.54, 1.807) is 20.8 Å². The molecule has 0 radical (unpaired) electrons. The van der Waals surface area contributed by atoms with Gasteiger partial charge in [-0.25, -0.2) is 18.0 Å². The fourth-order valence-corrected chi connectivity index (χ4v) is 2.40. The molecule has 0 fully saturated rings. The lowest BCUT2D eigenvalue weighted by atomic mass is 10.1. The number of halogens is 4. The van der Waals surface area contributed by atoms with Crippen LogP contribution >= 0.6 is 11.6 Å². The Hall–Kier alpha value is -3.34. The van der Waals surface area contributed by atoms with E-state index in [9.17, 15) is 32.9 Å². The summed E-state index contributed by atoms with van der Waals surface area (Å²) in [6, 6.07) is 2.79. The zero-order valence-electron chi connectivity index (χ0n) is 15.8. The molecule has 0 spiro atoms. The van der Waals surface area contributed by atoms with Crippen molar-refractivity contribution in [3.8, 4) is 0 Å². The number of hydrogen-bond donors (Lipinski definition) is 2. The van der Waals surface area contributed by atoms with Gasteiger partial charge in [-0.15, -0.1) is 0 Å². The lowest BCUT2D eigenvalue weighted by molar-refractivity contribution is -0.385. The summed E-state index contributed by atoms with van der Waals surface area (Å²) in [4.78, 5) is 34.0. The minimum absolute atomic E-state index is 0.492. The van der Waals surface area contributed by atoms with Crippen LogP contribution in [0.1, 0.15) is 31.1 Å². The smallest absolute Gasteiger partial charge is 0.412 e. The van der Waals surface area contributed by atoms with Crippen molar-refractivity contribution in [2.24, 2.45) is 0 Å². The third-order valence-electron chi connectivity index (χ3n) is 3.43. The van der Waals surface area contributed by atoms with Gasteiger partial charge >= 0.3 is 6.09 Å². The van der Waals surface area contributed by atoms with Crippen LogP contribution in [-0.4, -0.2) is 22.5 Å². The van der Waals surface area contributed by atoms with Crippen LogP contribution in [0.25, 0.3) is 0 Å². The van der Waals surface area contributed by atoms with Crippen LogP contribution in [0.5, 0.6) is 0 Å². The summed E-state index contributed by atoms with van der Waals surface area (Å²) >= 11 is 5.65. The largest absolute Gasteiger partial charge is 0.444 e. The maximum Gasteiger partial charge on any atom is 0.412 e. The van der Waals surface area contributed by atoms with E-state index >= 15 is 0 Å². The maximum atomic E-state index is 14.6. The molecule has 2 aromatic rings. The number of benzene rings is 2. The maximum absolute atomic E-state index is 14.6. The van der Waals surface area contributed by atoms with Gasteiger partial charge in [0.2, 0.25) is 0 Å². The number of nitro benzene ring substituents is 1. The number of nitro groups is 1. The molecule has 0 aliphatic carbocycles. The molecule has 0 unspecified atom stereocenters. The van der Waals surface area contributed by atoms with Crippen molar-refractivity contribution in [3.05, 3.63) is 62.4 Å². The number of carbonyl (C=O) groups is 2. The van der Waals surface area contributed by atoms with E-state index in [2.05, 4.69) is 5.32 Å². The second kappa shape index (κ2) is 8.57. The van der Waals surface area contributed by atoms with E-state index in [0.717, 1.165) is 12.1 Å². The Kier molecular flexibility index (Phi) is 6.56. The number of amides is 2. The van der Waals surface area contributed by atoms with E-state index < -0.39 is 67.6 Å². The van der Waals surface area contributed by atoms with Crippen LogP contribution in [0.15, 0.2) is 24.3 Å². The van der Waals surface area contributed by atoms with Gasteiger partial charge < -0.3 is 10.1 Å². The zero-order valence-corrected chi connectivity index (χ0v) is 16.6. The fraction of sp³-hybridized carbons (Fsp3) is 0.222. The Labute approximate surface area is 173 Å². The number of hydrogen-bond acceptors (Lipinski definition) is 5. The molecule has 2 rings (SSSR count). The Bertz CT molecular complexity index is 1040. The number of nitrogens with one attached hydrogen (secondary N) is 2. The second-order valence-electron chi connectivity index (χ2n) is 6.91. The summed E-state index contributed by atoms with van der Waals surface area (Å²) in [5.74, 6) is -5.17. The number of anilines is 2. The molecule has 2 aromatic carbocycles. The molecule has 160 valence electrons. The van der Waals surface area contributed by atoms with E-state index in [1.165, 1.54) is 0 Å². The van der Waals surface area contributed by atoms with Crippen molar-refractivity contribution in [1.29, 1.82) is 0 Å². The predicted octanol–water partition coefficient (Wildman–Crippen LogP) is 5.26. The van der Waals surface area contributed by atoms with Gasteiger partial charge in [-0.1, -0.05) is 11.6 Å². The average molecular weight is 446 g/mol. The van der Waals surface area contributed by atoms with Crippen molar-refractivity contribution in [2.75, 3.05) is 10.6 Å². The first-order valence-corrected chi connectivity index (χ1v) is 8.60. The summed E-state index contributed by atoms with van der Waals surface area (Å²) in [6.45, 7) is 4.71. The van der Waals surface area contributed by atoms with E-state index in [0.29, 0.717) is 12.1 Å². The minimum atomic E-state index is -1.36. The molecule has 0 aliphatic heterocycles. The van der Waals surface area contributed by atoms with Crippen molar-refractivity contribution in [2.45, 2.75) is 26.4 Å². The topological polar surface area (TPSA) is 111 Å². The Morgan fingerprint density at radius 1 is 1.10 bits per heavy atom. The number of ether oxygens (including phenoxy) is 1. The van der Waals surface area contributed by atoms with Crippen molar-refractivity contribution < 1.29 is 32.4 Å². The zero-order chi connectivity index (χ0) is 22.8. The molecule has 12 heteroatoms. The number of rotatable bonds is 4. The van der Waals surface area contributed by atoms with Crippen molar-refractivity contribution in [1.82, 2.24) is 0 Å². The molecule has 0 bridgehead atoms. The van der Waals surface area contributed by atoms with E-state index in [4.69, 9.17) is 16.3 Å². The summed E-state index contributed by atoms with van der Waals surface area (Å²) in [5.41, 5.74) is -3.90. The normalized spacial score (nSPS) is 11.0. The lowest BCUT2D eigenvalue weighted by Crippen LogP contribution is -2.27. The summed E-state index contributed by atoms with van der Waals surface area (Å²) in [6.07, 6.45) is -1.03. The molecule has 0 aromatic heterocycles. The molecular formula is C18H15ClF3N3O5. The van der Waals surface area contributed by atoms with Gasteiger partial charge in [0.05, 0.1) is 27.3 Å². The first-order chi connectivity index (χ1) is 13.8. The number of carbonyl (C=O) groups excluding carboxylic acids is 2. The van der Waals surface area contributed by atoms with Gasteiger partial charge in [-0.3, -0.25) is 20.2 Å². The third-order valence-corrected chi connectivity index (χ3v) is 3.82. The first kappa shape index (κ1) is 22.9. The standard InChI is InChI=1S/C18H15ClF3N3O5/c1-18(2,3)30-17(27)23-12-5-4-10(20)15(14(12)22)24-16(26)9-6-8(25(28)29)7-11(21)13(9)19/h4-7H,1-3H3,(H,23,27)(H,24,26). The third kappa shape index (κ3) is 5.38. The molecule has 0 saturated heterocycles. The van der Waals surface area contributed by atoms with E-state index in [1.807, 2.05) is 5.32 Å². The molecular weight excluding hydrogens is 431 g/mol. The number of nitrogens with zero attached hydrogens (tertiary/aromatic N) is 1. The molecule has 0 saturated carbocycles. The molecule has 0 heterocycles. The molecule has 0 atom stereocenters. The highest BCUT2D eigenvalue weighted by Gasteiger charge is 2.24. The monoisotopic (exact) mass is 445 g/mol. The second-order valence-corrected chi connectivity index (χ2v) is 7.29. The molecule has 8 nitrogen and oxygen atoms in total. The molecule has 0 aliphatic rings. The van der Waals surface area contributed by atoms with Crippen LogP contribution in [0.3, 0.4) is 0 Å². The minimum Gasteiger partial charge on any atom is -0.444 e. The van der Waals surface area contributed by atoms with Gasteiger partial charge in [-0.05, 0) is 32.9 Å². The Morgan fingerprint density at radius 2 is 1.73 bits per heavy atom. The quantitative estimate of drug-likeness (QED) is 0.492. The molecule has 2 amide bonds. The van der Waals surface area contributed by atoms with Gasteiger partial charge in [0.25, 0.3) is 11.6 Å². The van der Waals surface area contributed by atoms with Crippen LogP contribution < -0.4 is 10.6 Å². The summed E-state index contributed by atoms with van der Waals surface area (Å²) in [5, 5.41) is 14.0. The Morgan fingerprint density at radius 3 is 2.30 bits per heavy atom. The van der Waals surface area contributed by atoms with Gasteiger partial charge in [-0.2, -0.15) is 0 Å². The van der Waals surface area contributed by atoms with Gasteiger partial charge in [0, 0.05) is 6.07 Å². The number of non-ortho nitro benzene ring substituents is 1. The van der Waals surface area contributed by atoms with Gasteiger partial charge in [0.1, 0.15) is 22.9 Å². The van der Waals surface area contributed by atoms with Crippen molar-refractivity contribution in [3.63, 3.8) is 0 Å². The highest BCUT2D eigenvalue weighted by molar-refractivity contribution is 6.34. The highest BCUT2D eigenvalue weighted by atomic mass is 35.5. The summed E-state index contributed by atoms with van der Waals surface area (Å²) in [7, 11) is 0. The lowest BCUT2D eigenvalue weighted by Gasteiger charge is -2.20. The van der Waals surface area contributed by atoms with E-state index in [-0.39, 0.29) is 0 Å². The van der Waals surface area contributed by atoms with Crippen LogP contribution in [-0.2, 0) is 4.74 Å². The summed E-state index contributed by atoms with van der Waals surface area (Å²) < 4.78 is 47.5. The fourth-order valence-electron chi connectivity index (χ4n) is 2.20. The van der Waals surface area contributed by atoms with Crippen LogP contribution in [0.4, 0.5) is 35.0 Å². The molecule has 2 N–H and O–H groups in total. The average Bonchev–Trinajstić information content (AvgIpc) is 2.61. The highest BCUT2D eigenvalue weighted by Crippen LogP contribution is 2.30. The molecule has 30 heavy (non-hydrogen) atoms. The van der Waals surface area contributed by atoms with Crippen LogP contribution in [0, 0.1) is 27.6 Å². The SMILES string of the molecule is CC(C)(C)OC(=O)Nc1ccc(F)c(NC(=O)c2cc([N+](=O)[O-])cc(F)c2Cl)c1F. The van der Waals surface area contributed by atoms with Gasteiger partial charge in [0.15, 0.2) is 5.82 Å². The predicted molar refractivity (Wildman–Crippen MR) is 102 cm³/mol. The Balaban J connectivity index is 2.36. The van der Waals surface area contributed by atoms with Crippen molar-refractivity contribution >= 4 is 40.7 Å². The first-order valence-electron chi connectivity index (χ1n) is 8.23. The van der Waals surface area contributed by atoms with Crippen LogP contribution in [0.2, 0.25) is 5.02 Å².